The first-order chi connectivity index (χ1) is 13.7. The summed E-state index contributed by atoms with van der Waals surface area (Å²) >= 11 is 0. The zero-order chi connectivity index (χ0) is 21.0. The van der Waals surface area contributed by atoms with Crippen LogP contribution in [0, 0.1) is 11.7 Å². The van der Waals surface area contributed by atoms with Crippen LogP contribution in [0.5, 0.6) is 0 Å². The van der Waals surface area contributed by atoms with Gasteiger partial charge in [-0.05, 0) is 34.7 Å². The molecule has 4 nitrogen and oxygen atoms in total. The van der Waals surface area contributed by atoms with Crippen LogP contribution >= 0.6 is 0 Å². The van der Waals surface area contributed by atoms with E-state index in [2.05, 4.69) is 5.10 Å². The summed E-state index contributed by atoms with van der Waals surface area (Å²) in [7, 11) is 0. The predicted molar refractivity (Wildman–Crippen MR) is 98.4 cm³/mol. The molecular formula is C21H18F4N2O2. The lowest BCUT2D eigenvalue weighted by atomic mass is 9.89. The van der Waals surface area contributed by atoms with Gasteiger partial charge in [-0.1, -0.05) is 31.2 Å². The maximum absolute atomic E-state index is 14.4. The van der Waals surface area contributed by atoms with E-state index in [-0.39, 0.29) is 34.8 Å². The number of benzene rings is 2. The topological polar surface area (TPSA) is 58.3 Å². The number of aromatic nitrogens is 2. The van der Waals surface area contributed by atoms with E-state index in [0.29, 0.717) is 12.1 Å². The van der Waals surface area contributed by atoms with Crippen LogP contribution in [0.2, 0.25) is 0 Å². The first kappa shape index (κ1) is 19.6. The van der Waals surface area contributed by atoms with Crippen LogP contribution in [0.25, 0.3) is 22.3 Å². The standard InChI is InChI=1S/C21H18F4N2O2/c1-12(11-28)9-27-10-13(8-26-27)16-6-14(22)7-18-19(16)15-4-2-3-5-17(15)20(18,29)21(23,24)25/h2-8,10,12,28-29H,9,11H2,1H3/t12-,20?/m0/s1. The molecule has 2 atom stereocenters. The Bertz CT molecular complexity index is 1080. The minimum atomic E-state index is -5.03. The van der Waals surface area contributed by atoms with Crippen molar-refractivity contribution < 1.29 is 27.8 Å². The third-order valence-electron chi connectivity index (χ3n) is 5.24. The molecule has 29 heavy (non-hydrogen) atoms. The second kappa shape index (κ2) is 6.67. The fraction of sp³-hybridized carbons (Fsp3) is 0.286. The smallest absolute Gasteiger partial charge is 0.396 e. The van der Waals surface area contributed by atoms with Crippen molar-refractivity contribution in [2.45, 2.75) is 25.2 Å². The molecule has 2 aromatic carbocycles. The number of hydrogen-bond donors (Lipinski definition) is 2. The van der Waals surface area contributed by atoms with Crippen LogP contribution < -0.4 is 0 Å². The van der Waals surface area contributed by atoms with Crippen molar-refractivity contribution in [1.29, 1.82) is 0 Å². The average molecular weight is 406 g/mol. The quantitative estimate of drug-likeness (QED) is 0.642. The summed E-state index contributed by atoms with van der Waals surface area (Å²) < 4.78 is 57.8. The summed E-state index contributed by atoms with van der Waals surface area (Å²) in [6.45, 7) is 2.18. The highest BCUT2D eigenvalue weighted by Gasteiger charge is 2.61. The Labute approximate surface area is 164 Å². The molecule has 4 rings (SSSR count). The molecule has 0 radical (unpaired) electrons. The highest BCUT2D eigenvalue weighted by Crippen LogP contribution is 2.57. The Kier molecular flexibility index (Phi) is 4.51. The molecule has 1 aliphatic carbocycles. The van der Waals surface area contributed by atoms with Crippen LogP contribution in [0.15, 0.2) is 48.8 Å². The van der Waals surface area contributed by atoms with Crippen molar-refractivity contribution in [3.8, 4) is 22.3 Å². The molecule has 0 amide bonds. The first-order valence-corrected chi connectivity index (χ1v) is 9.03. The van der Waals surface area contributed by atoms with Crippen LogP contribution in [0.4, 0.5) is 17.6 Å². The number of aliphatic hydroxyl groups excluding tert-OH is 1. The lowest BCUT2D eigenvalue weighted by molar-refractivity contribution is -0.246. The van der Waals surface area contributed by atoms with Gasteiger partial charge >= 0.3 is 6.18 Å². The second-order valence-corrected chi connectivity index (χ2v) is 7.37. The molecule has 8 heteroatoms. The molecule has 1 aromatic heterocycles. The third kappa shape index (κ3) is 2.94. The maximum atomic E-state index is 14.4. The van der Waals surface area contributed by atoms with E-state index in [1.807, 2.05) is 6.92 Å². The number of alkyl halides is 3. The van der Waals surface area contributed by atoms with Gasteiger partial charge in [0.25, 0.3) is 0 Å². The van der Waals surface area contributed by atoms with Crippen LogP contribution in [0.3, 0.4) is 0 Å². The van der Waals surface area contributed by atoms with Crippen molar-refractivity contribution >= 4 is 0 Å². The highest BCUT2D eigenvalue weighted by atomic mass is 19.4. The highest BCUT2D eigenvalue weighted by molar-refractivity contribution is 5.92. The summed E-state index contributed by atoms with van der Waals surface area (Å²) in [6.07, 6.45) is -2.00. The van der Waals surface area contributed by atoms with Crippen molar-refractivity contribution in [2.24, 2.45) is 5.92 Å². The number of fused-ring (bicyclic) bond motifs is 3. The van der Waals surface area contributed by atoms with E-state index in [1.165, 1.54) is 24.4 Å². The second-order valence-electron chi connectivity index (χ2n) is 7.37. The summed E-state index contributed by atoms with van der Waals surface area (Å²) in [6, 6.07) is 7.56. The van der Waals surface area contributed by atoms with Gasteiger partial charge in [0.05, 0.1) is 6.20 Å². The zero-order valence-electron chi connectivity index (χ0n) is 15.4. The number of aliphatic hydroxyl groups is 2. The zero-order valence-corrected chi connectivity index (χ0v) is 15.4. The normalized spacial score (nSPS) is 19.1. The van der Waals surface area contributed by atoms with Gasteiger partial charge in [-0.3, -0.25) is 4.68 Å². The van der Waals surface area contributed by atoms with Crippen molar-refractivity contribution in [2.75, 3.05) is 6.61 Å². The number of hydrogen-bond acceptors (Lipinski definition) is 3. The van der Waals surface area contributed by atoms with Gasteiger partial charge in [-0.15, -0.1) is 0 Å². The third-order valence-corrected chi connectivity index (χ3v) is 5.24. The van der Waals surface area contributed by atoms with E-state index in [9.17, 15) is 27.8 Å². The van der Waals surface area contributed by atoms with Crippen LogP contribution in [-0.2, 0) is 12.1 Å². The summed E-state index contributed by atoms with van der Waals surface area (Å²) in [5.74, 6) is -0.956. The van der Waals surface area contributed by atoms with Crippen LogP contribution in [-0.4, -0.2) is 32.8 Å². The molecule has 0 spiro atoms. The minimum absolute atomic E-state index is 0.0451. The molecular weight excluding hydrogens is 388 g/mol. The Morgan fingerprint density at radius 2 is 1.86 bits per heavy atom. The fourth-order valence-corrected chi connectivity index (χ4v) is 3.86. The van der Waals surface area contributed by atoms with Crippen molar-refractivity contribution in [1.82, 2.24) is 9.78 Å². The Balaban J connectivity index is 1.95. The van der Waals surface area contributed by atoms with E-state index < -0.39 is 23.2 Å². The van der Waals surface area contributed by atoms with E-state index in [1.54, 1.807) is 16.9 Å². The maximum Gasteiger partial charge on any atom is 0.425 e. The molecule has 0 aliphatic heterocycles. The van der Waals surface area contributed by atoms with E-state index in [0.717, 1.165) is 12.1 Å². The SMILES string of the molecule is C[C@H](CO)Cn1cc(-c2cc(F)cc3c2-c2ccccc2C3(O)C(F)(F)F)cn1. The van der Waals surface area contributed by atoms with E-state index >= 15 is 0 Å². The molecule has 3 aromatic rings. The Hall–Kier alpha value is -2.71. The summed E-state index contributed by atoms with van der Waals surface area (Å²) in [4.78, 5) is 0. The fourth-order valence-electron chi connectivity index (χ4n) is 3.86. The average Bonchev–Trinajstić information content (AvgIpc) is 3.23. The monoisotopic (exact) mass is 406 g/mol. The Morgan fingerprint density at radius 3 is 2.55 bits per heavy atom. The first-order valence-electron chi connectivity index (χ1n) is 9.03. The van der Waals surface area contributed by atoms with Gasteiger partial charge in [0, 0.05) is 36.0 Å². The molecule has 0 bridgehead atoms. The Morgan fingerprint density at radius 1 is 1.14 bits per heavy atom. The van der Waals surface area contributed by atoms with Gasteiger partial charge < -0.3 is 10.2 Å². The molecule has 152 valence electrons. The number of halogens is 4. The van der Waals surface area contributed by atoms with Gasteiger partial charge in [-0.2, -0.15) is 18.3 Å². The molecule has 2 N–H and O–H groups in total. The molecule has 1 heterocycles. The molecule has 1 unspecified atom stereocenters. The predicted octanol–water partition coefficient (Wildman–Crippen LogP) is 4.10. The van der Waals surface area contributed by atoms with Crippen molar-refractivity contribution in [3.05, 3.63) is 65.7 Å². The van der Waals surface area contributed by atoms with Gasteiger partial charge in [0.1, 0.15) is 5.82 Å². The van der Waals surface area contributed by atoms with Gasteiger partial charge in [-0.25, -0.2) is 4.39 Å². The van der Waals surface area contributed by atoms with Crippen molar-refractivity contribution in [3.63, 3.8) is 0 Å². The molecule has 1 aliphatic rings. The largest absolute Gasteiger partial charge is 0.425 e. The minimum Gasteiger partial charge on any atom is -0.396 e. The summed E-state index contributed by atoms with van der Waals surface area (Å²) in [5.41, 5.74) is -3.17. The lowest BCUT2D eigenvalue weighted by Crippen LogP contribution is -2.41. The number of nitrogens with zero attached hydrogens (tertiary/aromatic N) is 2. The van der Waals surface area contributed by atoms with Gasteiger partial charge in [0.2, 0.25) is 5.60 Å². The van der Waals surface area contributed by atoms with Gasteiger partial charge in [0.15, 0.2) is 0 Å². The molecule has 0 fully saturated rings. The summed E-state index contributed by atoms with van der Waals surface area (Å²) in [5, 5.41) is 24.1. The van der Waals surface area contributed by atoms with E-state index in [4.69, 9.17) is 0 Å². The lowest BCUT2D eigenvalue weighted by Gasteiger charge is -2.28. The molecule has 0 saturated carbocycles. The number of rotatable bonds is 4. The van der Waals surface area contributed by atoms with Crippen LogP contribution in [0.1, 0.15) is 18.1 Å². The molecule has 0 saturated heterocycles.